The van der Waals surface area contributed by atoms with Crippen LogP contribution in [0.2, 0.25) is 0 Å². The van der Waals surface area contributed by atoms with Gasteiger partial charge < -0.3 is 9.32 Å². The third-order valence-electron chi connectivity index (χ3n) is 5.02. The third-order valence-corrected chi connectivity index (χ3v) is 5.83. The lowest BCUT2D eigenvalue weighted by Gasteiger charge is -2.22. The van der Waals surface area contributed by atoms with E-state index >= 15 is 0 Å². The Bertz CT molecular complexity index is 1250. The highest BCUT2D eigenvalue weighted by molar-refractivity contribution is 7.89. The minimum Gasteiger partial charge on any atom is -0.451 e. The smallest absolute Gasteiger partial charge is 0.290 e. The van der Waals surface area contributed by atoms with Gasteiger partial charge in [-0.05, 0) is 17.2 Å². The molecule has 4 aromatic rings. The summed E-state index contributed by atoms with van der Waals surface area (Å²) in [6.45, 7) is 0.758. The molecule has 1 aromatic heterocycles. The molecule has 0 atom stereocenters. The monoisotopic (exact) mass is 433 g/mol. The molecule has 0 saturated heterocycles. The first-order valence-corrected chi connectivity index (χ1v) is 12.0. The maximum atomic E-state index is 13.7. The predicted molar refractivity (Wildman–Crippen MR) is 121 cm³/mol. The Morgan fingerprint density at radius 3 is 1.87 bits per heavy atom. The van der Waals surface area contributed by atoms with E-state index < -0.39 is 9.84 Å². The van der Waals surface area contributed by atoms with Gasteiger partial charge in [-0.2, -0.15) is 0 Å². The molecule has 4 rings (SSSR count). The summed E-state index contributed by atoms with van der Waals surface area (Å²) in [5, 5.41) is 0.649. The van der Waals surface area contributed by atoms with E-state index in [9.17, 15) is 13.2 Å². The standard InChI is InChI=1S/C25H23NO4S/c1-31(28,29)18-22-21-14-8-9-15-23(21)30-24(22)25(27)26(16-19-10-4-2-5-11-19)17-20-12-6-3-7-13-20/h2-15H,16-18H2,1H3. The lowest BCUT2D eigenvalue weighted by atomic mass is 10.1. The summed E-state index contributed by atoms with van der Waals surface area (Å²) >= 11 is 0. The highest BCUT2D eigenvalue weighted by Gasteiger charge is 2.27. The van der Waals surface area contributed by atoms with Gasteiger partial charge >= 0.3 is 0 Å². The fourth-order valence-corrected chi connectivity index (χ4v) is 4.44. The summed E-state index contributed by atoms with van der Waals surface area (Å²) in [7, 11) is -3.37. The van der Waals surface area contributed by atoms with E-state index in [0.717, 1.165) is 17.4 Å². The molecule has 0 spiro atoms. The van der Waals surface area contributed by atoms with Crippen LogP contribution in [0.5, 0.6) is 0 Å². The van der Waals surface area contributed by atoms with Crippen LogP contribution in [0.25, 0.3) is 11.0 Å². The number of fused-ring (bicyclic) bond motifs is 1. The van der Waals surface area contributed by atoms with Crippen LogP contribution in [0.1, 0.15) is 27.2 Å². The van der Waals surface area contributed by atoms with Gasteiger partial charge in [0.05, 0.1) is 5.75 Å². The van der Waals surface area contributed by atoms with E-state index in [1.807, 2.05) is 66.7 Å². The molecule has 1 amide bonds. The lowest BCUT2D eigenvalue weighted by Crippen LogP contribution is -2.30. The molecule has 0 aliphatic carbocycles. The van der Waals surface area contributed by atoms with Crippen LogP contribution < -0.4 is 0 Å². The van der Waals surface area contributed by atoms with E-state index in [1.54, 1.807) is 23.1 Å². The molecular weight excluding hydrogens is 410 g/mol. The maximum absolute atomic E-state index is 13.7. The van der Waals surface area contributed by atoms with Crippen molar-refractivity contribution in [3.05, 3.63) is 107 Å². The highest BCUT2D eigenvalue weighted by atomic mass is 32.2. The second-order valence-electron chi connectivity index (χ2n) is 7.61. The van der Waals surface area contributed by atoms with Crippen molar-refractivity contribution >= 4 is 26.7 Å². The molecular formula is C25H23NO4S. The Kier molecular flexibility index (Phi) is 5.91. The van der Waals surface area contributed by atoms with Gasteiger partial charge in [0.2, 0.25) is 0 Å². The minimum absolute atomic E-state index is 0.0819. The molecule has 6 heteroatoms. The molecule has 3 aromatic carbocycles. The number of nitrogens with zero attached hydrogens (tertiary/aromatic N) is 1. The number of hydrogen-bond acceptors (Lipinski definition) is 4. The highest BCUT2D eigenvalue weighted by Crippen LogP contribution is 2.29. The zero-order chi connectivity index (χ0) is 21.8. The zero-order valence-electron chi connectivity index (χ0n) is 17.2. The van der Waals surface area contributed by atoms with Gasteiger partial charge in [0.25, 0.3) is 5.91 Å². The van der Waals surface area contributed by atoms with Crippen molar-refractivity contribution in [2.24, 2.45) is 0 Å². The number of sulfone groups is 1. The van der Waals surface area contributed by atoms with Crippen LogP contribution in [0.3, 0.4) is 0 Å². The van der Waals surface area contributed by atoms with E-state index in [2.05, 4.69) is 0 Å². The SMILES string of the molecule is CS(=O)(=O)Cc1c(C(=O)N(Cc2ccccc2)Cc2ccccc2)oc2ccccc12. The van der Waals surface area contributed by atoms with Crippen LogP contribution >= 0.6 is 0 Å². The first kappa shape index (κ1) is 20.9. The number of benzene rings is 3. The van der Waals surface area contributed by atoms with E-state index in [-0.39, 0.29) is 17.4 Å². The zero-order valence-corrected chi connectivity index (χ0v) is 18.0. The topological polar surface area (TPSA) is 67.6 Å². The van der Waals surface area contributed by atoms with Crippen molar-refractivity contribution in [3.8, 4) is 0 Å². The second kappa shape index (κ2) is 8.78. The molecule has 1 heterocycles. The minimum atomic E-state index is -3.37. The molecule has 31 heavy (non-hydrogen) atoms. The molecule has 0 saturated carbocycles. The Hall–Kier alpha value is -3.38. The summed E-state index contributed by atoms with van der Waals surface area (Å²) in [6.07, 6.45) is 1.16. The first-order valence-electron chi connectivity index (χ1n) is 9.96. The van der Waals surface area contributed by atoms with Crippen LogP contribution in [0, 0.1) is 0 Å². The number of carbonyl (C=O) groups excluding carboxylic acids is 1. The number of amides is 1. The van der Waals surface area contributed by atoms with E-state index in [4.69, 9.17) is 4.42 Å². The molecule has 0 N–H and O–H groups in total. The fourth-order valence-electron chi connectivity index (χ4n) is 3.63. The van der Waals surface area contributed by atoms with Crippen molar-refractivity contribution in [1.29, 1.82) is 0 Å². The van der Waals surface area contributed by atoms with Crippen molar-refractivity contribution in [2.75, 3.05) is 6.26 Å². The molecule has 0 fully saturated rings. The number of furan rings is 1. The quantitative estimate of drug-likeness (QED) is 0.419. The molecule has 0 aliphatic heterocycles. The third kappa shape index (κ3) is 5.03. The summed E-state index contributed by atoms with van der Waals surface area (Å²) in [6, 6.07) is 26.5. The average molecular weight is 434 g/mol. The Morgan fingerprint density at radius 2 is 1.32 bits per heavy atom. The van der Waals surface area contributed by atoms with Gasteiger partial charge in [-0.1, -0.05) is 78.9 Å². The summed E-state index contributed by atoms with van der Waals surface area (Å²) < 4.78 is 30.1. The molecule has 0 radical (unpaired) electrons. The second-order valence-corrected chi connectivity index (χ2v) is 9.75. The average Bonchev–Trinajstić information content (AvgIpc) is 3.11. The number of rotatable bonds is 7. The van der Waals surface area contributed by atoms with Crippen LogP contribution in [0.4, 0.5) is 0 Å². The molecule has 5 nitrogen and oxygen atoms in total. The largest absolute Gasteiger partial charge is 0.451 e. The van der Waals surface area contributed by atoms with Crippen molar-refractivity contribution in [3.63, 3.8) is 0 Å². The van der Waals surface area contributed by atoms with Crippen LogP contribution in [-0.4, -0.2) is 25.5 Å². The maximum Gasteiger partial charge on any atom is 0.290 e. The first-order chi connectivity index (χ1) is 14.9. The number of carbonyl (C=O) groups is 1. The molecule has 158 valence electrons. The molecule has 0 unspecified atom stereocenters. The predicted octanol–water partition coefficient (Wildman–Crippen LogP) is 4.82. The van der Waals surface area contributed by atoms with Crippen LogP contribution in [0.15, 0.2) is 89.3 Å². The Labute approximate surface area is 181 Å². The summed E-state index contributed by atoms with van der Waals surface area (Å²) in [5.74, 6) is -0.503. The lowest BCUT2D eigenvalue weighted by molar-refractivity contribution is 0.0699. The van der Waals surface area contributed by atoms with Gasteiger partial charge in [0, 0.05) is 30.3 Å². The van der Waals surface area contributed by atoms with E-state index in [1.165, 1.54) is 0 Å². The fraction of sp³-hybridized carbons (Fsp3) is 0.160. The van der Waals surface area contributed by atoms with Crippen molar-refractivity contribution in [2.45, 2.75) is 18.8 Å². The van der Waals surface area contributed by atoms with Crippen molar-refractivity contribution < 1.29 is 17.6 Å². The Morgan fingerprint density at radius 1 is 0.806 bits per heavy atom. The summed E-state index contributed by atoms with van der Waals surface area (Å²) in [5.41, 5.74) is 2.87. The normalized spacial score (nSPS) is 11.5. The Balaban J connectivity index is 1.77. The van der Waals surface area contributed by atoms with Gasteiger partial charge in [-0.25, -0.2) is 8.42 Å². The van der Waals surface area contributed by atoms with Crippen molar-refractivity contribution in [1.82, 2.24) is 4.90 Å². The molecule has 0 aliphatic rings. The van der Waals surface area contributed by atoms with Crippen LogP contribution in [-0.2, 0) is 28.7 Å². The molecule has 0 bridgehead atoms. The van der Waals surface area contributed by atoms with E-state index in [0.29, 0.717) is 29.6 Å². The van der Waals surface area contributed by atoms with Gasteiger partial charge in [-0.3, -0.25) is 4.79 Å². The van der Waals surface area contributed by atoms with Gasteiger partial charge in [-0.15, -0.1) is 0 Å². The number of para-hydroxylation sites is 1. The summed E-state index contributed by atoms with van der Waals surface area (Å²) in [4.78, 5) is 15.4. The van der Waals surface area contributed by atoms with Gasteiger partial charge in [0.1, 0.15) is 5.58 Å². The number of hydrogen-bond donors (Lipinski definition) is 0. The van der Waals surface area contributed by atoms with Gasteiger partial charge in [0.15, 0.2) is 15.6 Å².